The van der Waals surface area contributed by atoms with Gasteiger partial charge in [0.25, 0.3) is 0 Å². The zero-order valence-electron chi connectivity index (χ0n) is 14.3. The van der Waals surface area contributed by atoms with Crippen LogP contribution >= 0.6 is 0 Å². The van der Waals surface area contributed by atoms with Gasteiger partial charge < -0.3 is 22.5 Å². The molecule has 1 N–H and O–H groups in total. The molecule has 0 spiro atoms. The van der Waals surface area contributed by atoms with Gasteiger partial charge in [-0.25, -0.2) is 0 Å². The van der Waals surface area contributed by atoms with Gasteiger partial charge in [0.05, 0.1) is 0 Å². The number of ether oxygens (including phenoxy) is 1. The van der Waals surface area contributed by atoms with Gasteiger partial charge in [0, 0.05) is 25.5 Å². The smallest absolute Gasteiger partial charge is 0.120 e. The Hall–Kier alpha value is -2.36. The lowest BCUT2D eigenvalue weighted by Crippen LogP contribution is -3.00. The molecule has 0 saturated heterocycles. The molecule has 25 heavy (non-hydrogen) atoms. The van der Waals surface area contributed by atoms with Crippen LogP contribution in [0.25, 0.3) is 0 Å². The number of hydrogen-bond donors (Lipinski definition) is 1. The minimum Gasteiger partial charge on any atom is -1.00 e. The van der Waals surface area contributed by atoms with Crippen molar-refractivity contribution >= 4 is 0 Å². The molecule has 3 nitrogen and oxygen atoms in total. The minimum atomic E-state index is 0. The second-order valence-electron chi connectivity index (χ2n) is 5.89. The van der Waals surface area contributed by atoms with Crippen molar-refractivity contribution in [2.45, 2.75) is 26.6 Å². The summed E-state index contributed by atoms with van der Waals surface area (Å²) in [6.07, 6.45) is 3.67. The Labute approximate surface area is 155 Å². The Morgan fingerprint density at radius 2 is 1.64 bits per heavy atom. The van der Waals surface area contributed by atoms with Gasteiger partial charge in [-0.1, -0.05) is 48.0 Å². The number of aryl methyl sites for hydroxylation is 1. The number of nitrogens with one attached hydrogen (secondary N) is 1. The largest absolute Gasteiger partial charge is 1.00 e. The van der Waals surface area contributed by atoms with Gasteiger partial charge in [-0.05, 0) is 41.8 Å². The second kappa shape index (κ2) is 9.82. The average molecular weight is 354 g/mol. The summed E-state index contributed by atoms with van der Waals surface area (Å²) in [5.74, 6) is 0.899. The summed E-state index contributed by atoms with van der Waals surface area (Å²) >= 11 is 0. The average Bonchev–Trinajstić information content (AvgIpc) is 2.63. The molecule has 1 heterocycles. The van der Waals surface area contributed by atoms with E-state index in [0.717, 1.165) is 18.8 Å². The highest BCUT2D eigenvalue weighted by atomic mass is 35.5. The molecule has 0 radical (unpaired) electrons. The van der Waals surface area contributed by atoms with Crippen LogP contribution in [0.1, 0.15) is 22.3 Å². The first kappa shape index (κ1) is 19.0. The maximum atomic E-state index is 5.90. The van der Waals surface area contributed by atoms with Crippen LogP contribution in [0.3, 0.4) is 0 Å². The molecule has 0 aliphatic rings. The third kappa shape index (κ3) is 6.22. The quantitative estimate of drug-likeness (QED) is 0.694. The van der Waals surface area contributed by atoms with Crippen LogP contribution in [-0.2, 0) is 19.7 Å². The third-order valence-electron chi connectivity index (χ3n) is 3.81. The predicted octanol–water partition coefficient (Wildman–Crippen LogP) is 1.26. The van der Waals surface area contributed by atoms with E-state index >= 15 is 0 Å². The maximum Gasteiger partial charge on any atom is 0.120 e. The van der Waals surface area contributed by atoms with Crippen LogP contribution in [0.2, 0.25) is 0 Å². The SMILES string of the molecule is Cc1ccc(COc2cccc(CNCc3cccnc3)c2)cc1.[Cl-]. The molecule has 0 aliphatic heterocycles. The van der Waals surface area contributed by atoms with Crippen molar-refractivity contribution < 1.29 is 17.1 Å². The van der Waals surface area contributed by atoms with Crippen molar-refractivity contribution in [2.24, 2.45) is 0 Å². The molecule has 0 saturated carbocycles. The minimum absolute atomic E-state index is 0. The number of aromatic nitrogens is 1. The Bertz CT molecular complexity index is 760. The van der Waals surface area contributed by atoms with E-state index < -0.39 is 0 Å². The standard InChI is InChI=1S/C21H22N2O.ClH/c1-17-7-9-18(10-8-17)16-24-21-6-2-4-19(12-21)13-23-15-20-5-3-11-22-14-20;/h2-12,14,23H,13,15-16H2,1H3;1H/p-1. The molecule has 0 fully saturated rings. The summed E-state index contributed by atoms with van der Waals surface area (Å²) < 4.78 is 5.90. The molecule has 3 rings (SSSR count). The van der Waals surface area contributed by atoms with Crippen LogP contribution in [0.4, 0.5) is 0 Å². The summed E-state index contributed by atoms with van der Waals surface area (Å²) in [7, 11) is 0. The number of halogens is 1. The molecule has 4 heteroatoms. The van der Waals surface area contributed by atoms with Gasteiger partial charge in [0.2, 0.25) is 0 Å². The van der Waals surface area contributed by atoms with Crippen molar-refractivity contribution in [3.05, 3.63) is 95.3 Å². The lowest BCUT2D eigenvalue weighted by Gasteiger charge is -2.09. The lowest BCUT2D eigenvalue weighted by molar-refractivity contribution is -0.00000538. The molecule has 0 amide bonds. The lowest BCUT2D eigenvalue weighted by atomic mass is 10.1. The fraction of sp³-hybridized carbons (Fsp3) is 0.190. The second-order valence-corrected chi connectivity index (χ2v) is 5.89. The Morgan fingerprint density at radius 3 is 2.40 bits per heavy atom. The van der Waals surface area contributed by atoms with Crippen molar-refractivity contribution in [1.82, 2.24) is 10.3 Å². The zero-order chi connectivity index (χ0) is 16.6. The molecule has 0 aliphatic carbocycles. The predicted molar refractivity (Wildman–Crippen MR) is 96.7 cm³/mol. The summed E-state index contributed by atoms with van der Waals surface area (Å²) in [5, 5.41) is 3.43. The highest BCUT2D eigenvalue weighted by Crippen LogP contribution is 2.15. The van der Waals surface area contributed by atoms with Crippen molar-refractivity contribution in [3.63, 3.8) is 0 Å². The van der Waals surface area contributed by atoms with Gasteiger partial charge in [0.1, 0.15) is 12.4 Å². The zero-order valence-corrected chi connectivity index (χ0v) is 15.0. The highest BCUT2D eigenvalue weighted by Gasteiger charge is 1.99. The van der Waals surface area contributed by atoms with Crippen LogP contribution in [-0.4, -0.2) is 4.98 Å². The van der Waals surface area contributed by atoms with Gasteiger partial charge in [0.15, 0.2) is 0 Å². The number of hydrogen-bond acceptors (Lipinski definition) is 3. The van der Waals surface area contributed by atoms with E-state index in [0.29, 0.717) is 6.61 Å². The van der Waals surface area contributed by atoms with Gasteiger partial charge in [-0.3, -0.25) is 4.98 Å². The van der Waals surface area contributed by atoms with Crippen molar-refractivity contribution in [3.8, 4) is 5.75 Å². The first-order chi connectivity index (χ1) is 11.8. The third-order valence-corrected chi connectivity index (χ3v) is 3.81. The van der Waals surface area contributed by atoms with E-state index in [9.17, 15) is 0 Å². The molecular weight excluding hydrogens is 332 g/mol. The normalized spacial score (nSPS) is 10.1. The first-order valence-corrected chi connectivity index (χ1v) is 8.16. The van der Waals surface area contributed by atoms with Crippen LogP contribution in [0.15, 0.2) is 73.1 Å². The fourth-order valence-corrected chi connectivity index (χ4v) is 2.45. The maximum absolute atomic E-state index is 5.90. The Kier molecular flexibility index (Phi) is 7.45. The summed E-state index contributed by atoms with van der Waals surface area (Å²) in [6, 6.07) is 20.7. The topological polar surface area (TPSA) is 34.1 Å². The molecule has 130 valence electrons. The van der Waals surface area contributed by atoms with Crippen molar-refractivity contribution in [1.29, 1.82) is 0 Å². The first-order valence-electron chi connectivity index (χ1n) is 8.16. The summed E-state index contributed by atoms with van der Waals surface area (Å²) in [5.41, 5.74) is 4.84. The van der Waals surface area contributed by atoms with E-state index in [1.54, 1.807) is 6.20 Å². The number of rotatable bonds is 7. The number of pyridine rings is 1. The molecule has 3 aromatic rings. The van der Waals surface area contributed by atoms with Gasteiger partial charge >= 0.3 is 0 Å². The molecule has 1 aromatic heterocycles. The van der Waals surface area contributed by atoms with Crippen molar-refractivity contribution in [2.75, 3.05) is 0 Å². The number of benzene rings is 2. The molecule has 0 bridgehead atoms. The van der Waals surface area contributed by atoms with Crippen LogP contribution < -0.4 is 22.5 Å². The van der Waals surface area contributed by atoms with E-state index in [2.05, 4.69) is 59.7 Å². The Morgan fingerprint density at radius 1 is 0.880 bits per heavy atom. The van der Waals surface area contributed by atoms with Crippen LogP contribution in [0, 0.1) is 6.92 Å². The molecular formula is C21H22ClN2O-. The van der Waals surface area contributed by atoms with E-state index in [1.165, 1.54) is 22.3 Å². The van der Waals surface area contributed by atoms with Gasteiger partial charge in [-0.2, -0.15) is 0 Å². The highest BCUT2D eigenvalue weighted by molar-refractivity contribution is 5.29. The Balaban J connectivity index is 0.00000225. The molecule has 0 unspecified atom stereocenters. The van der Waals surface area contributed by atoms with E-state index in [4.69, 9.17) is 4.74 Å². The van der Waals surface area contributed by atoms with E-state index in [1.807, 2.05) is 24.4 Å². The fourth-order valence-electron chi connectivity index (χ4n) is 2.45. The summed E-state index contributed by atoms with van der Waals surface area (Å²) in [4.78, 5) is 4.12. The molecule has 2 aromatic carbocycles. The molecule has 0 atom stereocenters. The van der Waals surface area contributed by atoms with Crippen LogP contribution in [0.5, 0.6) is 5.75 Å². The summed E-state index contributed by atoms with van der Waals surface area (Å²) in [6.45, 7) is 4.29. The number of nitrogens with zero attached hydrogens (tertiary/aromatic N) is 1. The monoisotopic (exact) mass is 353 g/mol. The van der Waals surface area contributed by atoms with Gasteiger partial charge in [-0.15, -0.1) is 0 Å². The van der Waals surface area contributed by atoms with E-state index in [-0.39, 0.29) is 12.4 Å².